The Morgan fingerprint density at radius 3 is 2.40 bits per heavy atom. The Bertz CT molecular complexity index is 732. The Kier molecular flexibility index (Phi) is 4.71. The van der Waals surface area contributed by atoms with Crippen molar-refractivity contribution >= 4 is 10.0 Å². The molecule has 7 heteroatoms. The van der Waals surface area contributed by atoms with E-state index in [4.69, 9.17) is 5.14 Å². The second-order valence-electron chi connectivity index (χ2n) is 7.99. The molecule has 4 nitrogen and oxygen atoms in total. The Balaban J connectivity index is 1.66. The molecule has 140 valence electrons. The first kappa shape index (κ1) is 18.7. The number of primary sulfonamides is 1. The molecule has 2 fully saturated rings. The van der Waals surface area contributed by atoms with E-state index in [2.05, 4.69) is 19.2 Å². The Morgan fingerprint density at radius 1 is 1.20 bits per heavy atom. The van der Waals surface area contributed by atoms with Gasteiger partial charge in [0.25, 0.3) is 5.92 Å². The van der Waals surface area contributed by atoms with Gasteiger partial charge in [-0.2, -0.15) is 0 Å². The lowest BCUT2D eigenvalue weighted by atomic mass is 9.91. The third kappa shape index (κ3) is 3.73. The van der Waals surface area contributed by atoms with Crippen molar-refractivity contribution in [2.24, 2.45) is 16.5 Å². The quantitative estimate of drug-likeness (QED) is 0.833. The van der Waals surface area contributed by atoms with Crippen LogP contribution in [0, 0.1) is 11.3 Å². The fourth-order valence-corrected chi connectivity index (χ4v) is 4.78. The third-order valence-corrected chi connectivity index (χ3v) is 6.89. The number of nitrogens with one attached hydrogen (secondary N) is 1. The van der Waals surface area contributed by atoms with Crippen LogP contribution in [0.5, 0.6) is 0 Å². The topological polar surface area (TPSA) is 72.2 Å². The molecule has 3 atom stereocenters. The van der Waals surface area contributed by atoms with Crippen molar-refractivity contribution in [1.29, 1.82) is 0 Å². The summed E-state index contributed by atoms with van der Waals surface area (Å²) in [7, 11) is -3.70. The van der Waals surface area contributed by atoms with Crippen molar-refractivity contribution in [2.75, 3.05) is 6.54 Å². The molecule has 0 amide bonds. The van der Waals surface area contributed by atoms with Gasteiger partial charge in [-0.15, -0.1) is 0 Å². The average molecular weight is 372 g/mol. The van der Waals surface area contributed by atoms with E-state index in [0.717, 1.165) is 12.0 Å². The normalized spacial score (nSPS) is 30.8. The number of benzene rings is 1. The van der Waals surface area contributed by atoms with Crippen molar-refractivity contribution in [3.8, 4) is 0 Å². The minimum absolute atomic E-state index is 0.0000583. The summed E-state index contributed by atoms with van der Waals surface area (Å²) in [5, 5.41) is 8.22. The Hall–Kier alpha value is -1.05. The first-order chi connectivity index (χ1) is 11.5. The molecule has 25 heavy (non-hydrogen) atoms. The van der Waals surface area contributed by atoms with Crippen LogP contribution < -0.4 is 10.5 Å². The van der Waals surface area contributed by atoms with E-state index in [-0.39, 0.29) is 28.6 Å². The monoisotopic (exact) mass is 372 g/mol. The molecule has 0 saturated heterocycles. The van der Waals surface area contributed by atoms with Crippen molar-refractivity contribution in [2.45, 2.75) is 62.3 Å². The molecular weight excluding hydrogens is 346 g/mol. The number of nitrogens with two attached hydrogens (primary N) is 1. The SMILES string of the molecule is CC1(C)[C@@H](CNC2CCCCC2(F)F)[C@@H]1c1ccc(S(N)(=O)=O)cc1. The van der Waals surface area contributed by atoms with Crippen LogP contribution in [0.2, 0.25) is 0 Å². The number of halogens is 2. The second kappa shape index (κ2) is 6.28. The predicted octanol–water partition coefficient (Wildman–Crippen LogP) is 3.24. The molecule has 0 heterocycles. The highest BCUT2D eigenvalue weighted by atomic mass is 32.2. The summed E-state index contributed by atoms with van der Waals surface area (Å²) in [5.74, 6) is -2.14. The van der Waals surface area contributed by atoms with Crippen molar-refractivity contribution < 1.29 is 17.2 Å². The maximum Gasteiger partial charge on any atom is 0.263 e. The van der Waals surface area contributed by atoms with Crippen LogP contribution >= 0.6 is 0 Å². The van der Waals surface area contributed by atoms with Crippen LogP contribution in [0.1, 0.15) is 51.0 Å². The number of alkyl halides is 2. The molecule has 0 aromatic heterocycles. The summed E-state index contributed by atoms with van der Waals surface area (Å²) < 4.78 is 50.7. The maximum absolute atomic E-state index is 14.0. The van der Waals surface area contributed by atoms with Crippen LogP contribution in [0.4, 0.5) is 8.78 Å². The average Bonchev–Trinajstić information content (AvgIpc) is 3.06. The molecule has 1 unspecified atom stereocenters. The van der Waals surface area contributed by atoms with Crippen LogP contribution in [0.15, 0.2) is 29.2 Å². The van der Waals surface area contributed by atoms with Gasteiger partial charge < -0.3 is 5.32 Å². The zero-order valence-corrected chi connectivity index (χ0v) is 15.5. The van der Waals surface area contributed by atoms with Gasteiger partial charge in [0.05, 0.1) is 10.9 Å². The van der Waals surface area contributed by atoms with E-state index >= 15 is 0 Å². The summed E-state index contributed by atoms with van der Waals surface area (Å²) in [5.41, 5.74) is 1.03. The molecular formula is C18H26F2N2O2S. The summed E-state index contributed by atoms with van der Waals surface area (Å²) in [6.07, 6.45) is 1.93. The van der Waals surface area contributed by atoms with Gasteiger partial charge in [-0.1, -0.05) is 32.4 Å². The van der Waals surface area contributed by atoms with Gasteiger partial charge in [-0.25, -0.2) is 22.3 Å². The largest absolute Gasteiger partial charge is 0.308 e. The minimum Gasteiger partial charge on any atom is -0.308 e. The van der Waals surface area contributed by atoms with E-state index in [1.165, 1.54) is 12.1 Å². The smallest absolute Gasteiger partial charge is 0.263 e. The molecule has 3 rings (SSSR count). The third-order valence-electron chi connectivity index (χ3n) is 5.97. The molecule has 0 radical (unpaired) electrons. The molecule has 2 aliphatic rings. The first-order valence-corrected chi connectivity index (χ1v) is 10.3. The fourth-order valence-electron chi connectivity index (χ4n) is 4.27. The van der Waals surface area contributed by atoms with E-state index in [1.807, 2.05) is 0 Å². The van der Waals surface area contributed by atoms with E-state index in [1.54, 1.807) is 12.1 Å². The zero-order valence-electron chi connectivity index (χ0n) is 14.6. The Morgan fingerprint density at radius 2 is 1.84 bits per heavy atom. The lowest BCUT2D eigenvalue weighted by molar-refractivity contribution is -0.0638. The molecule has 2 aliphatic carbocycles. The lowest BCUT2D eigenvalue weighted by Gasteiger charge is -2.32. The highest BCUT2D eigenvalue weighted by Crippen LogP contribution is 2.64. The van der Waals surface area contributed by atoms with E-state index in [0.29, 0.717) is 19.4 Å². The van der Waals surface area contributed by atoms with Gasteiger partial charge in [0.15, 0.2) is 0 Å². The summed E-state index contributed by atoms with van der Waals surface area (Å²) in [4.78, 5) is 0.0891. The highest BCUT2D eigenvalue weighted by Gasteiger charge is 2.58. The molecule has 0 aliphatic heterocycles. The van der Waals surface area contributed by atoms with Crippen LogP contribution in [-0.2, 0) is 10.0 Å². The first-order valence-electron chi connectivity index (χ1n) is 8.77. The lowest BCUT2D eigenvalue weighted by Crippen LogP contribution is -2.47. The van der Waals surface area contributed by atoms with E-state index < -0.39 is 22.0 Å². The number of hydrogen-bond donors (Lipinski definition) is 2. The molecule has 1 aromatic rings. The molecule has 2 saturated carbocycles. The standard InChI is InChI=1S/C18H26F2N2O2S/c1-17(2)14(11-22-15-5-3-4-10-18(15,19)20)16(17)12-6-8-13(9-7-12)25(21,23)24/h6-9,14-16,22H,3-5,10-11H2,1-2H3,(H2,21,23,24)/t14-,15?,16-/m0/s1. The van der Waals surface area contributed by atoms with Gasteiger partial charge in [-0.3, -0.25) is 0 Å². The number of sulfonamides is 1. The predicted molar refractivity (Wildman–Crippen MR) is 93.0 cm³/mol. The molecule has 0 spiro atoms. The van der Waals surface area contributed by atoms with Crippen LogP contribution in [0.3, 0.4) is 0 Å². The van der Waals surface area contributed by atoms with Crippen LogP contribution in [0.25, 0.3) is 0 Å². The zero-order chi connectivity index (χ0) is 18.5. The highest BCUT2D eigenvalue weighted by molar-refractivity contribution is 7.89. The maximum atomic E-state index is 14.0. The fraction of sp³-hybridized carbons (Fsp3) is 0.667. The molecule has 1 aromatic carbocycles. The van der Waals surface area contributed by atoms with Crippen molar-refractivity contribution in [3.63, 3.8) is 0 Å². The van der Waals surface area contributed by atoms with E-state index in [9.17, 15) is 17.2 Å². The summed E-state index contributed by atoms with van der Waals surface area (Å²) >= 11 is 0. The summed E-state index contributed by atoms with van der Waals surface area (Å²) in [6, 6.07) is 5.85. The van der Waals surface area contributed by atoms with Gasteiger partial charge in [0.2, 0.25) is 10.0 Å². The summed E-state index contributed by atoms with van der Waals surface area (Å²) in [6.45, 7) is 4.79. The molecule has 0 bridgehead atoms. The second-order valence-corrected chi connectivity index (χ2v) is 9.55. The van der Waals surface area contributed by atoms with Gasteiger partial charge in [0, 0.05) is 6.42 Å². The number of hydrogen-bond acceptors (Lipinski definition) is 3. The van der Waals surface area contributed by atoms with Gasteiger partial charge in [-0.05, 0) is 54.3 Å². The number of rotatable bonds is 5. The Labute approximate surface area is 148 Å². The molecule has 3 N–H and O–H groups in total. The minimum atomic E-state index is -3.70. The van der Waals surface area contributed by atoms with Gasteiger partial charge in [0.1, 0.15) is 0 Å². The van der Waals surface area contributed by atoms with Crippen LogP contribution in [-0.4, -0.2) is 26.9 Å². The van der Waals surface area contributed by atoms with Crippen molar-refractivity contribution in [3.05, 3.63) is 29.8 Å². The van der Waals surface area contributed by atoms with Gasteiger partial charge >= 0.3 is 0 Å². The van der Waals surface area contributed by atoms with Crippen molar-refractivity contribution in [1.82, 2.24) is 5.32 Å².